The minimum atomic E-state index is -0.600. The van der Waals surface area contributed by atoms with E-state index in [0.717, 1.165) is 16.6 Å². The van der Waals surface area contributed by atoms with E-state index in [9.17, 15) is 14.4 Å². The minimum absolute atomic E-state index is 0.0640. The molecule has 0 spiro atoms. The summed E-state index contributed by atoms with van der Waals surface area (Å²) in [7, 11) is 0. The summed E-state index contributed by atoms with van der Waals surface area (Å²) in [5.74, 6) is -1.80. The smallest absolute Gasteiger partial charge is 0.311 e. The van der Waals surface area contributed by atoms with Crippen LogP contribution in [0.5, 0.6) is 0 Å². The molecule has 1 aliphatic rings. The third kappa shape index (κ3) is 5.36. The van der Waals surface area contributed by atoms with E-state index in [4.69, 9.17) is 16.3 Å². The van der Waals surface area contributed by atoms with Crippen molar-refractivity contribution in [3.63, 3.8) is 0 Å². The van der Waals surface area contributed by atoms with Crippen LogP contribution in [-0.4, -0.2) is 30.9 Å². The van der Waals surface area contributed by atoms with E-state index in [0.29, 0.717) is 10.7 Å². The highest BCUT2D eigenvalue weighted by molar-refractivity contribution is 9.10. The Hall–Kier alpha value is -2.38. The molecule has 2 aromatic carbocycles. The van der Waals surface area contributed by atoms with Crippen LogP contribution in [0.1, 0.15) is 18.9 Å². The van der Waals surface area contributed by atoms with Crippen LogP contribution in [0.2, 0.25) is 5.02 Å². The van der Waals surface area contributed by atoms with Gasteiger partial charge in [0.25, 0.3) is 5.91 Å². The standard InChI is InChI=1S/C21H20BrClN2O4/c1-2-13-3-6-16(7-4-13)25-11-14(9-20(25)27)21(28)29-12-19(26)24-18-8-5-15(22)10-17(18)23/h3-8,10,14H,2,9,11-12H2,1H3,(H,24,26)/t14-/m1/s1. The number of carbonyl (C=O) groups is 3. The molecule has 2 amide bonds. The first-order valence-electron chi connectivity index (χ1n) is 9.18. The number of nitrogens with zero attached hydrogens (tertiary/aromatic N) is 1. The summed E-state index contributed by atoms with van der Waals surface area (Å²) in [5, 5.41) is 2.96. The molecule has 0 bridgehead atoms. The van der Waals surface area contributed by atoms with E-state index < -0.39 is 24.4 Å². The normalized spacial score (nSPS) is 16.0. The quantitative estimate of drug-likeness (QED) is 0.630. The molecule has 2 aromatic rings. The maximum atomic E-state index is 12.3. The number of rotatable bonds is 6. The van der Waals surface area contributed by atoms with Crippen molar-refractivity contribution < 1.29 is 19.1 Å². The van der Waals surface area contributed by atoms with Crippen molar-refractivity contribution in [2.45, 2.75) is 19.8 Å². The molecule has 1 heterocycles. The van der Waals surface area contributed by atoms with E-state index in [1.807, 2.05) is 24.3 Å². The van der Waals surface area contributed by atoms with Crippen LogP contribution >= 0.6 is 27.5 Å². The number of hydrogen-bond donors (Lipinski definition) is 1. The van der Waals surface area contributed by atoms with Gasteiger partial charge in [-0.1, -0.05) is 46.6 Å². The average molecular weight is 480 g/mol. The van der Waals surface area contributed by atoms with Gasteiger partial charge in [0, 0.05) is 23.1 Å². The van der Waals surface area contributed by atoms with Gasteiger partial charge in [-0.3, -0.25) is 14.4 Å². The number of anilines is 2. The molecule has 3 rings (SSSR count). The molecule has 29 heavy (non-hydrogen) atoms. The molecule has 0 aliphatic carbocycles. The topological polar surface area (TPSA) is 75.7 Å². The number of amides is 2. The predicted molar refractivity (Wildman–Crippen MR) is 115 cm³/mol. The Balaban J connectivity index is 1.52. The Bertz CT molecular complexity index is 933. The second-order valence-electron chi connectivity index (χ2n) is 6.71. The van der Waals surface area contributed by atoms with Gasteiger partial charge in [0.05, 0.1) is 16.6 Å². The third-order valence-electron chi connectivity index (χ3n) is 4.67. The molecule has 0 radical (unpaired) electrons. The van der Waals surface area contributed by atoms with Gasteiger partial charge in [0.15, 0.2) is 6.61 Å². The van der Waals surface area contributed by atoms with Crippen LogP contribution in [0, 0.1) is 5.92 Å². The second-order valence-corrected chi connectivity index (χ2v) is 8.03. The molecule has 1 atom stereocenters. The number of nitrogens with one attached hydrogen (secondary N) is 1. The second kappa shape index (κ2) is 9.41. The number of carbonyl (C=O) groups excluding carboxylic acids is 3. The average Bonchev–Trinajstić information content (AvgIpc) is 3.10. The Morgan fingerprint density at radius 1 is 1.24 bits per heavy atom. The van der Waals surface area contributed by atoms with Crippen molar-refractivity contribution in [3.05, 3.63) is 57.5 Å². The summed E-state index contributed by atoms with van der Waals surface area (Å²) in [6.45, 7) is 1.85. The zero-order chi connectivity index (χ0) is 21.0. The van der Waals surface area contributed by atoms with Crippen molar-refractivity contribution in [1.29, 1.82) is 0 Å². The van der Waals surface area contributed by atoms with Crippen molar-refractivity contribution in [2.75, 3.05) is 23.4 Å². The van der Waals surface area contributed by atoms with E-state index in [1.54, 1.807) is 23.1 Å². The molecule has 152 valence electrons. The van der Waals surface area contributed by atoms with Gasteiger partial charge < -0.3 is 15.0 Å². The molecule has 1 aliphatic heterocycles. The fourth-order valence-corrected chi connectivity index (χ4v) is 3.78. The Morgan fingerprint density at radius 3 is 2.62 bits per heavy atom. The molecule has 1 saturated heterocycles. The molecule has 1 fully saturated rings. The van der Waals surface area contributed by atoms with E-state index >= 15 is 0 Å². The molecular weight excluding hydrogens is 460 g/mol. The number of aryl methyl sites for hydroxylation is 1. The van der Waals surface area contributed by atoms with E-state index in [2.05, 4.69) is 28.2 Å². The highest BCUT2D eigenvalue weighted by Crippen LogP contribution is 2.27. The zero-order valence-corrected chi connectivity index (χ0v) is 18.1. The van der Waals surface area contributed by atoms with Gasteiger partial charge in [0.2, 0.25) is 5.91 Å². The van der Waals surface area contributed by atoms with Gasteiger partial charge in [-0.2, -0.15) is 0 Å². The molecule has 6 nitrogen and oxygen atoms in total. The summed E-state index contributed by atoms with van der Waals surface area (Å²) < 4.78 is 5.89. The van der Waals surface area contributed by atoms with E-state index in [1.165, 1.54) is 5.56 Å². The fraction of sp³-hybridized carbons (Fsp3) is 0.286. The molecule has 1 N–H and O–H groups in total. The van der Waals surface area contributed by atoms with Crippen molar-refractivity contribution in [3.8, 4) is 0 Å². The van der Waals surface area contributed by atoms with E-state index in [-0.39, 0.29) is 18.9 Å². The summed E-state index contributed by atoms with van der Waals surface area (Å²) in [6, 6.07) is 12.7. The number of hydrogen-bond acceptors (Lipinski definition) is 4. The van der Waals surface area contributed by atoms with Gasteiger partial charge in [-0.15, -0.1) is 0 Å². The third-order valence-corrected chi connectivity index (χ3v) is 5.47. The lowest BCUT2D eigenvalue weighted by Gasteiger charge is -2.17. The Labute approximate surface area is 182 Å². The number of halogens is 2. The minimum Gasteiger partial charge on any atom is -0.455 e. The summed E-state index contributed by atoms with van der Waals surface area (Å²) >= 11 is 9.34. The lowest BCUT2D eigenvalue weighted by molar-refractivity contribution is -0.151. The first kappa shape index (κ1) is 21.3. The van der Waals surface area contributed by atoms with Crippen LogP contribution in [0.15, 0.2) is 46.9 Å². The molecular formula is C21H20BrClN2O4. The van der Waals surface area contributed by atoms with Gasteiger partial charge in [0.1, 0.15) is 0 Å². The summed E-state index contributed by atoms with van der Waals surface area (Å²) in [5.41, 5.74) is 2.35. The Morgan fingerprint density at radius 2 is 1.97 bits per heavy atom. The van der Waals surface area contributed by atoms with Crippen LogP contribution in [0.25, 0.3) is 0 Å². The van der Waals surface area contributed by atoms with Crippen LogP contribution in [0.3, 0.4) is 0 Å². The SMILES string of the molecule is CCc1ccc(N2C[C@H](C(=O)OCC(=O)Nc3ccc(Br)cc3Cl)CC2=O)cc1. The summed E-state index contributed by atoms with van der Waals surface area (Å²) in [6.07, 6.45) is 0.977. The van der Waals surface area contributed by atoms with Crippen molar-refractivity contribution in [2.24, 2.45) is 5.92 Å². The maximum Gasteiger partial charge on any atom is 0.311 e. The molecule has 8 heteroatoms. The lowest BCUT2D eigenvalue weighted by Crippen LogP contribution is -2.28. The highest BCUT2D eigenvalue weighted by atomic mass is 79.9. The van der Waals surface area contributed by atoms with Gasteiger partial charge in [-0.25, -0.2) is 0 Å². The number of ether oxygens (including phenoxy) is 1. The number of esters is 1. The zero-order valence-electron chi connectivity index (χ0n) is 15.8. The first-order chi connectivity index (χ1) is 13.9. The van der Waals surface area contributed by atoms with Crippen molar-refractivity contribution in [1.82, 2.24) is 0 Å². The van der Waals surface area contributed by atoms with Crippen molar-refractivity contribution >= 4 is 56.7 Å². The number of benzene rings is 2. The highest BCUT2D eigenvalue weighted by Gasteiger charge is 2.36. The monoisotopic (exact) mass is 478 g/mol. The maximum absolute atomic E-state index is 12.3. The van der Waals surface area contributed by atoms with Gasteiger partial charge >= 0.3 is 5.97 Å². The van der Waals surface area contributed by atoms with Crippen LogP contribution in [0.4, 0.5) is 11.4 Å². The van der Waals surface area contributed by atoms with Gasteiger partial charge in [-0.05, 0) is 42.3 Å². The molecule has 0 aromatic heterocycles. The predicted octanol–water partition coefficient (Wildman–Crippen LogP) is 4.20. The lowest BCUT2D eigenvalue weighted by atomic mass is 10.1. The summed E-state index contributed by atoms with van der Waals surface area (Å²) in [4.78, 5) is 38.3. The van der Waals surface area contributed by atoms with Crippen LogP contribution in [-0.2, 0) is 25.5 Å². The molecule has 0 saturated carbocycles. The van der Waals surface area contributed by atoms with Crippen LogP contribution < -0.4 is 10.2 Å². The largest absolute Gasteiger partial charge is 0.455 e. The Kier molecular flexibility index (Phi) is 6.92. The first-order valence-corrected chi connectivity index (χ1v) is 10.3. The fourth-order valence-electron chi connectivity index (χ4n) is 3.06. The molecule has 0 unspecified atom stereocenters.